The van der Waals surface area contributed by atoms with Crippen molar-refractivity contribution in [2.45, 2.75) is 13.1 Å². The highest BCUT2D eigenvalue weighted by atomic mass is 35.5. The van der Waals surface area contributed by atoms with E-state index in [1.54, 1.807) is 53.1 Å². The highest BCUT2D eigenvalue weighted by Gasteiger charge is 2.36. The number of fused-ring (bicyclic) bond motifs is 1. The first-order chi connectivity index (χ1) is 17.8. The van der Waals surface area contributed by atoms with E-state index in [-0.39, 0.29) is 28.5 Å². The van der Waals surface area contributed by atoms with Gasteiger partial charge < -0.3 is 4.90 Å². The van der Waals surface area contributed by atoms with Gasteiger partial charge >= 0.3 is 0 Å². The quantitative estimate of drug-likeness (QED) is 0.270. The average Bonchev–Trinajstić information content (AvgIpc) is 3.37. The summed E-state index contributed by atoms with van der Waals surface area (Å²) in [5.74, 6) is -1.31. The van der Waals surface area contributed by atoms with Crippen LogP contribution in [0.25, 0.3) is 5.69 Å². The van der Waals surface area contributed by atoms with Gasteiger partial charge in [-0.3, -0.25) is 23.9 Å². The van der Waals surface area contributed by atoms with Crippen molar-refractivity contribution in [2.75, 3.05) is 14.1 Å². The second-order valence-corrected chi connectivity index (χ2v) is 9.23. The van der Waals surface area contributed by atoms with Gasteiger partial charge in [-0.15, -0.1) is 10.2 Å². The van der Waals surface area contributed by atoms with E-state index in [9.17, 15) is 18.8 Å². The zero-order chi connectivity index (χ0) is 26.3. The Morgan fingerprint density at radius 2 is 1.51 bits per heavy atom. The molecule has 1 aromatic heterocycles. The van der Waals surface area contributed by atoms with Gasteiger partial charge in [0.15, 0.2) is 17.4 Å². The topological polar surface area (TPSA) is 88.4 Å². The molecule has 8 nitrogen and oxygen atoms in total. The van der Waals surface area contributed by atoms with Gasteiger partial charge in [0.25, 0.3) is 11.8 Å². The van der Waals surface area contributed by atoms with Gasteiger partial charge in [-0.2, -0.15) is 0 Å². The van der Waals surface area contributed by atoms with E-state index in [0.29, 0.717) is 29.2 Å². The number of amides is 2. The zero-order valence-electron chi connectivity index (χ0n) is 20.0. The van der Waals surface area contributed by atoms with E-state index in [4.69, 9.17) is 11.6 Å². The van der Waals surface area contributed by atoms with Crippen molar-refractivity contribution in [1.82, 2.24) is 24.6 Å². The van der Waals surface area contributed by atoms with E-state index in [0.717, 1.165) is 11.0 Å². The number of benzene rings is 3. The minimum Gasteiger partial charge on any atom is -0.302 e. The van der Waals surface area contributed by atoms with Gasteiger partial charge in [0.05, 0.1) is 34.9 Å². The normalized spacial score (nSPS) is 12.9. The van der Waals surface area contributed by atoms with Gasteiger partial charge in [-0.25, -0.2) is 4.39 Å². The van der Waals surface area contributed by atoms with Crippen molar-refractivity contribution >= 4 is 29.2 Å². The molecule has 0 bridgehead atoms. The molecule has 0 atom stereocenters. The van der Waals surface area contributed by atoms with E-state index < -0.39 is 23.4 Å². The third kappa shape index (κ3) is 4.43. The molecule has 0 N–H and O–H groups in total. The number of rotatable bonds is 7. The number of carbonyl (C=O) groups is 3. The largest absolute Gasteiger partial charge is 0.302 e. The van der Waals surface area contributed by atoms with Crippen molar-refractivity contribution in [1.29, 1.82) is 0 Å². The monoisotopic (exact) mass is 517 g/mol. The van der Waals surface area contributed by atoms with Crippen molar-refractivity contribution in [3.05, 3.63) is 111 Å². The molecule has 5 rings (SSSR count). The van der Waals surface area contributed by atoms with Crippen molar-refractivity contribution in [3.8, 4) is 5.69 Å². The Hall–Kier alpha value is -4.21. The molecule has 1 aliphatic heterocycles. The van der Waals surface area contributed by atoms with Crippen LogP contribution in [0.3, 0.4) is 0 Å². The smallest absolute Gasteiger partial charge is 0.261 e. The fourth-order valence-corrected chi connectivity index (χ4v) is 4.54. The number of hydrogen-bond acceptors (Lipinski definition) is 6. The van der Waals surface area contributed by atoms with Crippen LogP contribution in [0.2, 0.25) is 5.02 Å². The lowest BCUT2D eigenvalue weighted by atomic mass is 10.0. The molecule has 0 saturated heterocycles. The fraction of sp³-hybridized carbons (Fsp3) is 0.148. The third-order valence-electron chi connectivity index (χ3n) is 6.00. The maximum absolute atomic E-state index is 14.4. The van der Waals surface area contributed by atoms with Crippen LogP contribution in [0.1, 0.15) is 48.3 Å². The molecule has 10 heteroatoms. The number of halogens is 2. The average molecular weight is 518 g/mol. The first kappa shape index (κ1) is 24.5. The molecule has 0 aliphatic carbocycles. The number of aromatic nitrogens is 3. The molecule has 3 aromatic carbocycles. The predicted molar refractivity (Wildman–Crippen MR) is 134 cm³/mol. The molecule has 4 aromatic rings. The lowest BCUT2D eigenvalue weighted by Gasteiger charge is -2.19. The van der Waals surface area contributed by atoms with Gasteiger partial charge in [0, 0.05) is 11.1 Å². The molecule has 0 spiro atoms. The van der Waals surface area contributed by atoms with Gasteiger partial charge in [0.2, 0.25) is 0 Å². The highest BCUT2D eigenvalue weighted by Crippen LogP contribution is 2.28. The molecule has 2 heterocycles. The highest BCUT2D eigenvalue weighted by molar-refractivity contribution is 6.35. The minimum absolute atomic E-state index is 0.0384. The van der Waals surface area contributed by atoms with Gasteiger partial charge in [0.1, 0.15) is 5.82 Å². The van der Waals surface area contributed by atoms with Crippen LogP contribution in [0.15, 0.2) is 66.7 Å². The summed E-state index contributed by atoms with van der Waals surface area (Å²) in [5, 5.41) is 8.77. The van der Waals surface area contributed by atoms with E-state index in [1.807, 2.05) is 19.0 Å². The summed E-state index contributed by atoms with van der Waals surface area (Å²) in [7, 11) is 3.67. The Kier molecular flexibility index (Phi) is 6.41. The van der Waals surface area contributed by atoms with Crippen LogP contribution in [0.4, 0.5) is 4.39 Å². The molecule has 1 aliphatic rings. The maximum atomic E-state index is 14.4. The number of nitrogens with zero attached hydrogens (tertiary/aromatic N) is 5. The minimum atomic E-state index is -0.608. The molecular weight excluding hydrogens is 497 g/mol. The lowest BCUT2D eigenvalue weighted by Crippen LogP contribution is -2.31. The number of carbonyl (C=O) groups excluding carboxylic acids is 3. The SMILES string of the molecule is CN(C)Cc1nnc(CN2C(=O)c3ccccc3C2=O)n1-c1ccc(F)cc1C(=O)c1ccccc1Cl. The van der Waals surface area contributed by atoms with Crippen LogP contribution in [-0.2, 0) is 13.1 Å². The number of hydrogen-bond donors (Lipinski definition) is 0. The summed E-state index contributed by atoms with van der Waals surface area (Å²) in [6.45, 7) is 0.135. The Balaban J connectivity index is 1.63. The van der Waals surface area contributed by atoms with E-state index in [1.165, 1.54) is 12.1 Å². The molecule has 0 fully saturated rings. The second-order valence-electron chi connectivity index (χ2n) is 8.82. The second kappa shape index (κ2) is 9.68. The van der Waals surface area contributed by atoms with Crippen molar-refractivity contribution in [2.24, 2.45) is 0 Å². The van der Waals surface area contributed by atoms with Crippen LogP contribution in [0.5, 0.6) is 0 Å². The van der Waals surface area contributed by atoms with Crippen LogP contribution < -0.4 is 0 Å². The van der Waals surface area contributed by atoms with Gasteiger partial charge in [-0.05, 0) is 56.6 Å². The van der Waals surface area contributed by atoms with E-state index in [2.05, 4.69) is 10.2 Å². The zero-order valence-corrected chi connectivity index (χ0v) is 20.7. The fourth-order valence-electron chi connectivity index (χ4n) is 4.32. The Bertz CT molecular complexity index is 1530. The first-order valence-corrected chi connectivity index (χ1v) is 11.8. The Morgan fingerprint density at radius 3 is 2.16 bits per heavy atom. The summed E-state index contributed by atoms with van der Waals surface area (Å²) in [6.07, 6.45) is 0. The molecule has 186 valence electrons. The Labute approximate surface area is 216 Å². The van der Waals surface area contributed by atoms with Crippen molar-refractivity contribution in [3.63, 3.8) is 0 Å². The predicted octanol–water partition coefficient (Wildman–Crippen LogP) is 4.15. The number of imide groups is 1. The molecular formula is C27H21ClFN5O3. The van der Waals surface area contributed by atoms with Crippen LogP contribution >= 0.6 is 11.6 Å². The van der Waals surface area contributed by atoms with Crippen LogP contribution in [-0.4, -0.2) is 56.3 Å². The molecule has 0 unspecified atom stereocenters. The third-order valence-corrected chi connectivity index (χ3v) is 6.32. The summed E-state index contributed by atoms with van der Waals surface area (Å²) >= 11 is 6.27. The first-order valence-electron chi connectivity index (χ1n) is 11.4. The number of ketones is 1. The van der Waals surface area contributed by atoms with Gasteiger partial charge in [-0.1, -0.05) is 35.9 Å². The maximum Gasteiger partial charge on any atom is 0.261 e. The summed E-state index contributed by atoms with van der Waals surface area (Å²) in [6, 6.07) is 16.9. The summed E-state index contributed by atoms with van der Waals surface area (Å²) in [5.41, 5.74) is 1.17. The Morgan fingerprint density at radius 1 is 0.892 bits per heavy atom. The molecule has 0 saturated carbocycles. The van der Waals surface area contributed by atoms with E-state index >= 15 is 0 Å². The molecule has 2 amide bonds. The molecule has 37 heavy (non-hydrogen) atoms. The van der Waals surface area contributed by atoms with Crippen molar-refractivity contribution < 1.29 is 18.8 Å². The summed E-state index contributed by atoms with van der Waals surface area (Å²) < 4.78 is 16.0. The molecule has 0 radical (unpaired) electrons. The standard InChI is InChI=1S/C27H21ClFN5O3/c1-32(2)14-23-30-31-24(15-33-26(36)17-7-3-4-8-18(17)27(33)37)34(23)22-12-11-16(29)13-20(22)25(35)19-9-5-6-10-21(19)28/h3-13H,14-15H2,1-2H3. The summed E-state index contributed by atoms with van der Waals surface area (Å²) in [4.78, 5) is 42.5. The lowest BCUT2D eigenvalue weighted by molar-refractivity contribution is 0.0637. The van der Waals surface area contributed by atoms with Crippen LogP contribution in [0, 0.1) is 5.82 Å².